The lowest BCUT2D eigenvalue weighted by atomic mass is 9.73. The molecule has 1 N–H and O–H groups in total. The van der Waals surface area contributed by atoms with Crippen molar-refractivity contribution in [2.75, 3.05) is 18.5 Å². The zero-order chi connectivity index (χ0) is 19.8. The van der Waals surface area contributed by atoms with Crippen LogP contribution in [-0.2, 0) is 21.1 Å². The molecular weight excluding hydrogens is 373 g/mol. The number of amides is 1. The SMILES string of the molecule is O=C(Nc1nnc2ccccn12)C1(c2cccc(C(F)(F)F)c2)CCOCC1. The summed E-state index contributed by atoms with van der Waals surface area (Å²) in [6.45, 7) is 0.564. The maximum atomic E-state index is 13.3. The molecule has 0 atom stereocenters. The van der Waals surface area contributed by atoms with E-state index < -0.39 is 23.1 Å². The Kier molecular flexibility index (Phi) is 4.54. The minimum Gasteiger partial charge on any atom is -0.381 e. The molecule has 0 unspecified atom stereocenters. The van der Waals surface area contributed by atoms with Crippen molar-refractivity contribution in [1.29, 1.82) is 0 Å². The summed E-state index contributed by atoms with van der Waals surface area (Å²) in [6.07, 6.45) is -2.23. The molecule has 1 aromatic carbocycles. The molecule has 1 aliphatic heterocycles. The Bertz CT molecular complexity index is 1010. The van der Waals surface area contributed by atoms with E-state index in [2.05, 4.69) is 15.5 Å². The first-order valence-electron chi connectivity index (χ1n) is 8.77. The first-order valence-corrected chi connectivity index (χ1v) is 8.77. The van der Waals surface area contributed by atoms with Gasteiger partial charge in [-0.25, -0.2) is 0 Å². The molecule has 2 aromatic heterocycles. The summed E-state index contributed by atoms with van der Waals surface area (Å²) in [5.41, 5.74) is -1.05. The van der Waals surface area contributed by atoms with Gasteiger partial charge in [-0.15, -0.1) is 10.2 Å². The molecule has 1 fully saturated rings. The van der Waals surface area contributed by atoms with Crippen LogP contribution < -0.4 is 5.32 Å². The van der Waals surface area contributed by atoms with E-state index in [1.807, 2.05) is 0 Å². The third-order valence-electron chi connectivity index (χ3n) is 5.06. The summed E-state index contributed by atoms with van der Waals surface area (Å²) >= 11 is 0. The fourth-order valence-electron chi connectivity index (χ4n) is 3.51. The van der Waals surface area contributed by atoms with Crippen LogP contribution in [-0.4, -0.2) is 33.7 Å². The summed E-state index contributed by atoms with van der Waals surface area (Å²) in [4.78, 5) is 13.3. The summed E-state index contributed by atoms with van der Waals surface area (Å²) in [5, 5.41) is 10.7. The molecule has 1 amide bonds. The summed E-state index contributed by atoms with van der Waals surface area (Å²) < 4.78 is 46.6. The average molecular weight is 390 g/mol. The van der Waals surface area contributed by atoms with Crippen molar-refractivity contribution >= 4 is 17.5 Å². The van der Waals surface area contributed by atoms with E-state index in [0.29, 0.717) is 11.2 Å². The second-order valence-electron chi connectivity index (χ2n) is 6.68. The number of fused-ring (bicyclic) bond motifs is 1. The number of carbonyl (C=O) groups is 1. The number of alkyl halides is 3. The standard InChI is InChI=1S/C19H17F3N4O2/c20-19(21,22)14-5-3-4-13(12-14)18(7-10-28-11-8-18)16(27)23-17-25-24-15-6-1-2-9-26(15)17/h1-6,9,12H,7-8,10-11H2,(H,23,25,27). The Hall–Kier alpha value is -2.94. The van der Waals surface area contributed by atoms with Gasteiger partial charge in [0.2, 0.25) is 11.9 Å². The Balaban J connectivity index is 1.72. The van der Waals surface area contributed by atoms with Crippen molar-refractivity contribution in [2.24, 2.45) is 0 Å². The van der Waals surface area contributed by atoms with Gasteiger partial charge in [0.1, 0.15) is 0 Å². The third kappa shape index (κ3) is 3.22. The Morgan fingerprint density at radius 2 is 1.89 bits per heavy atom. The minimum atomic E-state index is -4.48. The molecule has 6 nitrogen and oxygen atoms in total. The van der Waals surface area contributed by atoms with E-state index >= 15 is 0 Å². The van der Waals surface area contributed by atoms with Crippen LogP contribution in [0, 0.1) is 0 Å². The molecule has 0 radical (unpaired) electrons. The molecule has 0 saturated carbocycles. The maximum absolute atomic E-state index is 13.3. The fraction of sp³-hybridized carbons (Fsp3) is 0.316. The fourth-order valence-corrected chi connectivity index (χ4v) is 3.51. The topological polar surface area (TPSA) is 68.5 Å². The van der Waals surface area contributed by atoms with E-state index in [4.69, 9.17) is 4.74 Å². The number of hydrogen-bond donors (Lipinski definition) is 1. The van der Waals surface area contributed by atoms with Crippen molar-refractivity contribution in [3.63, 3.8) is 0 Å². The quantitative estimate of drug-likeness (QED) is 0.744. The molecule has 146 valence electrons. The summed E-state index contributed by atoms with van der Waals surface area (Å²) in [6, 6.07) is 10.2. The monoisotopic (exact) mass is 390 g/mol. The van der Waals surface area contributed by atoms with Gasteiger partial charge in [0.15, 0.2) is 5.65 Å². The number of benzene rings is 1. The van der Waals surface area contributed by atoms with E-state index in [1.54, 1.807) is 34.9 Å². The van der Waals surface area contributed by atoms with Gasteiger partial charge in [-0.2, -0.15) is 13.2 Å². The molecule has 1 aliphatic rings. The van der Waals surface area contributed by atoms with Gasteiger partial charge < -0.3 is 4.74 Å². The van der Waals surface area contributed by atoms with Crippen LogP contribution in [0.15, 0.2) is 48.7 Å². The third-order valence-corrected chi connectivity index (χ3v) is 5.06. The Morgan fingerprint density at radius 3 is 2.64 bits per heavy atom. The summed E-state index contributed by atoms with van der Waals surface area (Å²) in [7, 11) is 0. The number of hydrogen-bond acceptors (Lipinski definition) is 4. The van der Waals surface area contributed by atoms with Crippen LogP contribution in [0.1, 0.15) is 24.0 Å². The predicted molar refractivity (Wildman–Crippen MR) is 94.8 cm³/mol. The first-order chi connectivity index (χ1) is 13.4. The van der Waals surface area contributed by atoms with Gasteiger partial charge in [0.25, 0.3) is 0 Å². The zero-order valence-electron chi connectivity index (χ0n) is 14.7. The van der Waals surface area contributed by atoms with E-state index in [0.717, 1.165) is 12.1 Å². The van der Waals surface area contributed by atoms with Gasteiger partial charge in [-0.3, -0.25) is 14.5 Å². The van der Waals surface area contributed by atoms with Gasteiger partial charge in [-0.05, 0) is 36.6 Å². The van der Waals surface area contributed by atoms with Crippen LogP contribution in [0.2, 0.25) is 0 Å². The van der Waals surface area contributed by atoms with Crippen LogP contribution in [0.3, 0.4) is 0 Å². The molecule has 9 heteroatoms. The van der Waals surface area contributed by atoms with Crippen molar-refractivity contribution in [1.82, 2.24) is 14.6 Å². The number of ether oxygens (including phenoxy) is 1. The molecular formula is C19H17F3N4O2. The lowest BCUT2D eigenvalue weighted by molar-refractivity contribution is -0.138. The number of rotatable bonds is 3. The predicted octanol–water partition coefficient (Wildman–Crippen LogP) is 3.44. The lowest BCUT2D eigenvalue weighted by Gasteiger charge is -2.36. The number of pyridine rings is 1. The molecule has 0 spiro atoms. The second-order valence-corrected chi connectivity index (χ2v) is 6.68. The molecule has 4 rings (SSSR count). The van der Waals surface area contributed by atoms with Crippen molar-refractivity contribution < 1.29 is 22.7 Å². The summed E-state index contributed by atoms with van der Waals surface area (Å²) in [5.74, 6) is -0.202. The van der Waals surface area contributed by atoms with Crippen LogP contribution in [0.5, 0.6) is 0 Å². The van der Waals surface area contributed by atoms with Crippen molar-refractivity contribution in [2.45, 2.75) is 24.4 Å². The number of nitrogens with zero attached hydrogens (tertiary/aromatic N) is 3. The minimum absolute atomic E-state index is 0.221. The molecule has 3 heterocycles. The molecule has 28 heavy (non-hydrogen) atoms. The highest BCUT2D eigenvalue weighted by atomic mass is 19.4. The van der Waals surface area contributed by atoms with Crippen molar-refractivity contribution in [3.05, 3.63) is 59.8 Å². The number of anilines is 1. The average Bonchev–Trinajstić information content (AvgIpc) is 3.11. The largest absolute Gasteiger partial charge is 0.416 e. The number of carbonyl (C=O) groups excluding carboxylic acids is 1. The normalized spacial score (nSPS) is 16.8. The smallest absolute Gasteiger partial charge is 0.381 e. The van der Waals surface area contributed by atoms with E-state index in [-0.39, 0.29) is 32.0 Å². The highest BCUT2D eigenvalue weighted by Crippen LogP contribution is 2.39. The van der Waals surface area contributed by atoms with Crippen LogP contribution in [0.4, 0.5) is 19.1 Å². The highest BCUT2D eigenvalue weighted by molar-refractivity contribution is 5.98. The number of halogens is 3. The Morgan fingerprint density at radius 1 is 1.11 bits per heavy atom. The number of aromatic nitrogens is 3. The van der Waals surface area contributed by atoms with Crippen LogP contribution in [0.25, 0.3) is 5.65 Å². The van der Waals surface area contributed by atoms with E-state index in [9.17, 15) is 18.0 Å². The maximum Gasteiger partial charge on any atom is 0.416 e. The number of nitrogens with one attached hydrogen (secondary N) is 1. The molecule has 3 aromatic rings. The second kappa shape index (κ2) is 6.90. The van der Waals surface area contributed by atoms with Crippen LogP contribution >= 0.6 is 0 Å². The first kappa shape index (κ1) is 18.4. The van der Waals surface area contributed by atoms with Gasteiger partial charge in [0.05, 0.1) is 11.0 Å². The Labute approximate surface area is 158 Å². The molecule has 0 bridgehead atoms. The van der Waals surface area contributed by atoms with Gasteiger partial charge in [0, 0.05) is 19.4 Å². The van der Waals surface area contributed by atoms with Gasteiger partial charge >= 0.3 is 6.18 Å². The van der Waals surface area contributed by atoms with Crippen molar-refractivity contribution in [3.8, 4) is 0 Å². The highest BCUT2D eigenvalue weighted by Gasteiger charge is 2.43. The van der Waals surface area contributed by atoms with Gasteiger partial charge in [-0.1, -0.05) is 24.3 Å². The molecule has 1 saturated heterocycles. The zero-order valence-corrected chi connectivity index (χ0v) is 14.7. The van der Waals surface area contributed by atoms with E-state index in [1.165, 1.54) is 6.07 Å². The molecule has 0 aliphatic carbocycles. The lowest BCUT2D eigenvalue weighted by Crippen LogP contribution is -2.45.